The quantitative estimate of drug-likeness (QED) is 0.815. The summed E-state index contributed by atoms with van der Waals surface area (Å²) in [6, 6.07) is 2.31. The lowest BCUT2D eigenvalue weighted by atomic mass is 10.1. The van der Waals surface area contributed by atoms with Crippen molar-refractivity contribution in [2.75, 3.05) is 25.1 Å². The fourth-order valence-electron chi connectivity index (χ4n) is 2.13. The zero-order chi connectivity index (χ0) is 11.7. The van der Waals surface area contributed by atoms with Crippen molar-refractivity contribution >= 4 is 5.69 Å². The van der Waals surface area contributed by atoms with Gasteiger partial charge in [-0.15, -0.1) is 0 Å². The zero-order valence-electron chi connectivity index (χ0n) is 10.1. The highest BCUT2D eigenvalue weighted by Crippen LogP contribution is 2.31. The van der Waals surface area contributed by atoms with Gasteiger partial charge in [-0.25, -0.2) is 0 Å². The van der Waals surface area contributed by atoms with E-state index in [0.29, 0.717) is 5.92 Å². The van der Waals surface area contributed by atoms with Gasteiger partial charge in [0, 0.05) is 24.8 Å². The molecule has 0 spiro atoms. The van der Waals surface area contributed by atoms with Crippen molar-refractivity contribution in [3.8, 4) is 5.75 Å². The van der Waals surface area contributed by atoms with Crippen molar-refractivity contribution < 1.29 is 4.74 Å². The van der Waals surface area contributed by atoms with Gasteiger partial charge in [0.1, 0.15) is 0 Å². The standard InChI is InChI=1S/C12H19N3O/c1-8-6-15(7-10(8)13)11-4-9(2)14-5-12(11)16-3/h4-5,8,10H,6-7,13H2,1-3H3. The van der Waals surface area contributed by atoms with Crippen molar-refractivity contribution in [2.45, 2.75) is 19.9 Å². The Bertz CT molecular complexity index is 371. The third-order valence-corrected chi connectivity index (χ3v) is 3.21. The van der Waals surface area contributed by atoms with Crippen LogP contribution in [0.25, 0.3) is 0 Å². The van der Waals surface area contributed by atoms with E-state index in [0.717, 1.165) is 30.2 Å². The second kappa shape index (κ2) is 4.29. The number of hydrogen-bond acceptors (Lipinski definition) is 4. The minimum Gasteiger partial charge on any atom is -0.493 e. The molecule has 2 N–H and O–H groups in total. The van der Waals surface area contributed by atoms with E-state index >= 15 is 0 Å². The first-order valence-electron chi connectivity index (χ1n) is 5.63. The van der Waals surface area contributed by atoms with Crippen molar-refractivity contribution in [3.63, 3.8) is 0 Å². The molecule has 1 aromatic rings. The molecule has 1 aliphatic rings. The topological polar surface area (TPSA) is 51.4 Å². The first kappa shape index (κ1) is 11.2. The third kappa shape index (κ3) is 1.97. The minimum absolute atomic E-state index is 0.248. The number of hydrogen-bond donors (Lipinski definition) is 1. The Morgan fingerprint density at radius 1 is 1.50 bits per heavy atom. The van der Waals surface area contributed by atoms with Crippen LogP contribution in [0.1, 0.15) is 12.6 Å². The number of anilines is 1. The van der Waals surface area contributed by atoms with Gasteiger partial charge >= 0.3 is 0 Å². The maximum absolute atomic E-state index is 6.04. The summed E-state index contributed by atoms with van der Waals surface area (Å²) in [6.07, 6.45) is 1.78. The molecule has 0 aromatic carbocycles. The molecule has 88 valence electrons. The van der Waals surface area contributed by atoms with E-state index in [1.807, 2.05) is 6.92 Å². The van der Waals surface area contributed by atoms with E-state index in [-0.39, 0.29) is 6.04 Å². The number of pyridine rings is 1. The number of nitrogens with zero attached hydrogens (tertiary/aromatic N) is 2. The average Bonchev–Trinajstić information content (AvgIpc) is 2.59. The van der Waals surface area contributed by atoms with E-state index in [1.54, 1.807) is 13.3 Å². The lowest BCUT2D eigenvalue weighted by Crippen LogP contribution is -2.28. The Morgan fingerprint density at radius 3 is 2.81 bits per heavy atom. The molecule has 1 aliphatic heterocycles. The highest BCUT2D eigenvalue weighted by molar-refractivity contribution is 5.59. The smallest absolute Gasteiger partial charge is 0.160 e. The molecule has 2 atom stereocenters. The molecule has 2 unspecified atom stereocenters. The third-order valence-electron chi connectivity index (χ3n) is 3.21. The second-order valence-corrected chi connectivity index (χ2v) is 4.54. The van der Waals surface area contributed by atoms with Crippen LogP contribution in [0.15, 0.2) is 12.3 Å². The first-order valence-corrected chi connectivity index (χ1v) is 5.63. The molecular formula is C12H19N3O. The fraction of sp³-hybridized carbons (Fsp3) is 0.583. The number of rotatable bonds is 2. The number of methoxy groups -OCH3 is 1. The first-order chi connectivity index (χ1) is 7.61. The Morgan fingerprint density at radius 2 is 2.25 bits per heavy atom. The van der Waals surface area contributed by atoms with Crippen LogP contribution in [0, 0.1) is 12.8 Å². The number of ether oxygens (including phenoxy) is 1. The second-order valence-electron chi connectivity index (χ2n) is 4.54. The van der Waals surface area contributed by atoms with Crippen LogP contribution in [-0.4, -0.2) is 31.2 Å². The van der Waals surface area contributed by atoms with Crippen LogP contribution in [0.5, 0.6) is 5.75 Å². The molecular weight excluding hydrogens is 202 g/mol. The molecule has 1 saturated heterocycles. The summed E-state index contributed by atoms with van der Waals surface area (Å²) in [7, 11) is 1.68. The summed E-state index contributed by atoms with van der Waals surface area (Å²) < 4.78 is 5.34. The fourth-order valence-corrected chi connectivity index (χ4v) is 2.13. The van der Waals surface area contributed by atoms with Gasteiger partial charge in [-0.1, -0.05) is 6.92 Å². The molecule has 0 amide bonds. The molecule has 4 heteroatoms. The van der Waals surface area contributed by atoms with Crippen LogP contribution in [-0.2, 0) is 0 Å². The molecule has 4 nitrogen and oxygen atoms in total. The highest BCUT2D eigenvalue weighted by Gasteiger charge is 2.28. The molecule has 1 aromatic heterocycles. The molecule has 0 bridgehead atoms. The molecule has 2 heterocycles. The van der Waals surface area contributed by atoms with Crippen molar-refractivity contribution in [3.05, 3.63) is 18.0 Å². The molecule has 0 radical (unpaired) electrons. The van der Waals surface area contributed by atoms with E-state index in [9.17, 15) is 0 Å². The van der Waals surface area contributed by atoms with Gasteiger partial charge in [0.25, 0.3) is 0 Å². The largest absolute Gasteiger partial charge is 0.493 e. The summed E-state index contributed by atoms with van der Waals surface area (Å²) in [4.78, 5) is 6.52. The van der Waals surface area contributed by atoms with Gasteiger partial charge in [0.05, 0.1) is 19.0 Å². The molecule has 0 saturated carbocycles. The van der Waals surface area contributed by atoms with Crippen molar-refractivity contribution in [1.82, 2.24) is 4.98 Å². The number of nitrogens with two attached hydrogens (primary N) is 1. The Labute approximate surface area is 96.4 Å². The number of aromatic nitrogens is 1. The Balaban J connectivity index is 2.29. The average molecular weight is 221 g/mol. The minimum atomic E-state index is 0.248. The maximum Gasteiger partial charge on any atom is 0.160 e. The van der Waals surface area contributed by atoms with Gasteiger partial charge < -0.3 is 15.4 Å². The molecule has 16 heavy (non-hydrogen) atoms. The van der Waals surface area contributed by atoms with Gasteiger partial charge in [0.15, 0.2) is 5.75 Å². The molecule has 1 fully saturated rings. The lowest BCUT2D eigenvalue weighted by molar-refractivity contribution is 0.412. The summed E-state index contributed by atoms with van der Waals surface area (Å²) in [5.41, 5.74) is 8.15. The predicted octanol–water partition coefficient (Wildman–Crippen LogP) is 1.18. The number of aryl methyl sites for hydroxylation is 1. The summed E-state index contributed by atoms with van der Waals surface area (Å²) in [5.74, 6) is 1.35. The van der Waals surface area contributed by atoms with Crippen LogP contribution >= 0.6 is 0 Å². The summed E-state index contributed by atoms with van der Waals surface area (Å²) in [6.45, 7) is 6.05. The highest BCUT2D eigenvalue weighted by atomic mass is 16.5. The summed E-state index contributed by atoms with van der Waals surface area (Å²) in [5, 5.41) is 0. The van der Waals surface area contributed by atoms with Gasteiger partial charge in [0.2, 0.25) is 0 Å². The van der Waals surface area contributed by atoms with Crippen molar-refractivity contribution in [1.29, 1.82) is 0 Å². The maximum atomic E-state index is 6.04. The SMILES string of the molecule is COc1cnc(C)cc1N1CC(C)C(N)C1. The van der Waals surface area contributed by atoms with E-state index in [2.05, 4.69) is 22.9 Å². The van der Waals surface area contributed by atoms with Crippen LogP contribution < -0.4 is 15.4 Å². The van der Waals surface area contributed by atoms with Crippen molar-refractivity contribution in [2.24, 2.45) is 11.7 Å². The monoisotopic (exact) mass is 221 g/mol. The Hall–Kier alpha value is -1.29. The Kier molecular flexibility index (Phi) is 3.01. The normalized spacial score (nSPS) is 24.9. The predicted molar refractivity (Wildman–Crippen MR) is 64.9 cm³/mol. The van der Waals surface area contributed by atoms with Gasteiger partial charge in [-0.2, -0.15) is 0 Å². The van der Waals surface area contributed by atoms with Gasteiger partial charge in [-0.3, -0.25) is 4.98 Å². The van der Waals surface area contributed by atoms with E-state index in [1.165, 1.54) is 0 Å². The molecule has 0 aliphatic carbocycles. The van der Waals surface area contributed by atoms with Crippen LogP contribution in [0.4, 0.5) is 5.69 Å². The zero-order valence-corrected chi connectivity index (χ0v) is 10.1. The summed E-state index contributed by atoms with van der Waals surface area (Å²) >= 11 is 0. The molecule has 2 rings (SSSR count). The van der Waals surface area contributed by atoms with E-state index in [4.69, 9.17) is 10.5 Å². The van der Waals surface area contributed by atoms with Crippen LogP contribution in [0.2, 0.25) is 0 Å². The van der Waals surface area contributed by atoms with Crippen LogP contribution in [0.3, 0.4) is 0 Å². The van der Waals surface area contributed by atoms with E-state index < -0.39 is 0 Å². The van der Waals surface area contributed by atoms with Gasteiger partial charge in [-0.05, 0) is 18.9 Å². The lowest BCUT2D eigenvalue weighted by Gasteiger charge is -2.21.